The molecule has 2 aromatic heterocycles. The van der Waals surface area contributed by atoms with Gasteiger partial charge in [0.1, 0.15) is 0 Å². The van der Waals surface area contributed by atoms with Gasteiger partial charge >= 0.3 is 138 Å². The molecule has 0 bridgehead atoms. The summed E-state index contributed by atoms with van der Waals surface area (Å²) in [5, 5.41) is 13.8. The maximum Gasteiger partial charge on any atom is 1.00 e. The van der Waals surface area contributed by atoms with E-state index < -0.39 is 0 Å². The average molecular weight is 804 g/mol. The summed E-state index contributed by atoms with van der Waals surface area (Å²) in [7, 11) is 0. The first kappa shape index (κ1) is 43.8. The Kier molecular flexibility index (Phi) is 40.4. The van der Waals surface area contributed by atoms with E-state index in [9.17, 15) is 0 Å². The Labute approximate surface area is 355 Å². The summed E-state index contributed by atoms with van der Waals surface area (Å²) in [4.78, 5) is 7.29. The van der Waals surface area contributed by atoms with E-state index >= 15 is 0 Å². The third-order valence-electron chi connectivity index (χ3n) is 4.31. The van der Waals surface area contributed by atoms with Crippen LogP contribution in [0, 0.1) is 10.8 Å². The van der Waals surface area contributed by atoms with Crippen LogP contribution < -0.4 is 159 Å². The van der Waals surface area contributed by atoms with Crippen LogP contribution in [-0.2, 0) is 37.9 Å². The van der Waals surface area contributed by atoms with Gasteiger partial charge in [-0.1, -0.05) is 59.8 Å². The number of rotatable bonds is 0. The molecule has 4 heterocycles. The van der Waals surface area contributed by atoms with Gasteiger partial charge in [0.25, 0.3) is 0 Å². The molecule has 2 N–H and O–H groups in total. The first-order valence-electron chi connectivity index (χ1n) is 12.7. The van der Waals surface area contributed by atoms with Gasteiger partial charge < -0.3 is 58.7 Å². The van der Waals surface area contributed by atoms with Gasteiger partial charge in [0.2, 0.25) is 0 Å². The molecule has 0 amide bonds. The first-order chi connectivity index (χ1) is 18.8. The fraction of sp³-hybridized carbons (Fsp3) is 0.615. The molecule has 0 radical (unpaired) electrons. The molecule has 0 aliphatic carbocycles. The molecule has 2 aromatic rings. The van der Waals surface area contributed by atoms with Crippen LogP contribution in [0.25, 0.3) is 0 Å². The van der Waals surface area contributed by atoms with Gasteiger partial charge in [0.05, 0.1) is 106 Å². The molecule has 216 valence electrons. The van der Waals surface area contributed by atoms with Gasteiger partial charge in [-0.2, -0.15) is 0 Å². The summed E-state index contributed by atoms with van der Waals surface area (Å²) >= 11 is 0. The minimum atomic E-state index is 0. The smallest absolute Gasteiger partial charge is 0.482 e. The van der Waals surface area contributed by atoms with Gasteiger partial charge in [-0.3, -0.25) is 0 Å². The van der Waals surface area contributed by atoms with Gasteiger partial charge in [-0.05, 0) is 0 Å². The Balaban J connectivity index is 0. The van der Waals surface area contributed by atoms with Crippen LogP contribution in [0.1, 0.15) is 0 Å². The molecular weight excluding hydrogens is 762 g/mol. The molecule has 14 heteroatoms. The van der Waals surface area contributed by atoms with Crippen molar-refractivity contribution in [2.45, 2.75) is 0 Å². The Morgan fingerprint density at radius 2 is 0.575 bits per heavy atom. The second kappa shape index (κ2) is 36.9. The number of nitrogens with one attached hydrogen (secondary N) is 2. The average Bonchev–Trinajstić information content (AvgIpc) is 2.91. The maximum absolute atomic E-state index is 6.88. The molecule has 0 aromatic carbocycles. The molecule has 12 nitrogen and oxygen atoms in total. The molecule has 0 unspecified atom stereocenters. The molecule has 2 saturated heterocycles. The van der Waals surface area contributed by atoms with Crippen molar-refractivity contribution in [3.8, 4) is 0 Å². The Bertz CT molecular complexity index is 673. The van der Waals surface area contributed by atoms with E-state index in [0.29, 0.717) is 117 Å². The van der Waals surface area contributed by atoms with Gasteiger partial charge in [0, 0.05) is 0 Å². The number of pyridine rings is 2. The van der Waals surface area contributed by atoms with E-state index in [-0.39, 0.29) is 138 Å². The minimum absolute atomic E-state index is 0. The third-order valence-corrected chi connectivity index (χ3v) is 4.31. The largest absolute Gasteiger partial charge is 1.00 e. The summed E-state index contributed by atoms with van der Waals surface area (Å²) in [6.07, 6.45) is 3.20. The van der Waals surface area contributed by atoms with E-state index in [0.717, 1.165) is 0 Å². The van der Waals surface area contributed by atoms with E-state index in [2.05, 4.69) is 9.97 Å². The second-order valence-electron chi connectivity index (χ2n) is 7.33. The van der Waals surface area contributed by atoms with Crippen LogP contribution in [0.2, 0.25) is 0 Å². The van der Waals surface area contributed by atoms with Crippen molar-refractivity contribution in [1.82, 2.24) is 9.97 Å². The molecule has 0 saturated carbocycles. The SMILES string of the molecule is C1COCCOCCOCCO1.C1COCCOCCOCCO1.N=c1cccc[n-]1.N=c1cccc[n-]1.[Cs+].[Cs+]. The molecule has 0 spiro atoms. The first-order valence-corrected chi connectivity index (χ1v) is 12.7. The summed E-state index contributed by atoms with van der Waals surface area (Å²) in [5.41, 5.74) is 0.644. The molecule has 2 aliphatic heterocycles. The Morgan fingerprint density at radius 1 is 0.375 bits per heavy atom. The summed E-state index contributed by atoms with van der Waals surface area (Å²) < 4.78 is 41.7. The summed E-state index contributed by atoms with van der Waals surface area (Å²) in [6, 6.07) is 10.4. The molecule has 2 fully saturated rings. The van der Waals surface area contributed by atoms with E-state index in [1.807, 2.05) is 0 Å². The van der Waals surface area contributed by atoms with Crippen molar-refractivity contribution >= 4 is 0 Å². The maximum atomic E-state index is 6.88. The summed E-state index contributed by atoms with van der Waals surface area (Å²) in [6.45, 7) is 10.3. The van der Waals surface area contributed by atoms with Crippen LogP contribution in [0.3, 0.4) is 0 Å². The van der Waals surface area contributed by atoms with E-state index in [1.165, 1.54) is 0 Å². The molecule has 2 aliphatic rings. The van der Waals surface area contributed by atoms with Gasteiger partial charge in [-0.15, -0.1) is 0 Å². The van der Waals surface area contributed by atoms with Crippen molar-refractivity contribution in [2.75, 3.05) is 106 Å². The van der Waals surface area contributed by atoms with Crippen LogP contribution in [-0.4, -0.2) is 106 Å². The topological polar surface area (TPSA) is 150 Å². The molecule has 0 atom stereocenters. The summed E-state index contributed by atoms with van der Waals surface area (Å²) in [5.74, 6) is 0. The molecular formula is C26H42Cs2N4O8. The third kappa shape index (κ3) is 34.2. The predicted octanol–water partition coefficient (Wildman–Crippen LogP) is -5.61. The van der Waals surface area contributed by atoms with E-state index in [1.54, 1.807) is 48.8 Å². The van der Waals surface area contributed by atoms with E-state index in [4.69, 9.17) is 48.7 Å². The zero-order valence-corrected chi connectivity index (χ0v) is 36.7. The number of nitrogens with zero attached hydrogens (tertiary/aromatic N) is 2. The van der Waals surface area contributed by atoms with Crippen LogP contribution in [0.5, 0.6) is 0 Å². The Hall–Kier alpha value is 1.68. The van der Waals surface area contributed by atoms with Crippen molar-refractivity contribution in [3.05, 3.63) is 59.8 Å². The van der Waals surface area contributed by atoms with Crippen molar-refractivity contribution in [1.29, 1.82) is 10.8 Å². The number of hydrogen-bond donors (Lipinski definition) is 2. The van der Waals surface area contributed by atoms with Gasteiger partial charge in [-0.25, -0.2) is 0 Å². The van der Waals surface area contributed by atoms with Crippen LogP contribution in [0.15, 0.2) is 48.8 Å². The second-order valence-corrected chi connectivity index (χ2v) is 7.33. The fourth-order valence-corrected chi connectivity index (χ4v) is 2.48. The molecule has 40 heavy (non-hydrogen) atoms. The monoisotopic (exact) mass is 804 g/mol. The molecule has 4 rings (SSSR count). The van der Waals surface area contributed by atoms with Crippen molar-refractivity contribution in [3.63, 3.8) is 0 Å². The standard InChI is InChI=1S/2C8H16O4.2C5H5N2.2Cs/c2*1-2-10-5-6-12-8-7-11-4-3-9-1;2*6-5-3-1-2-4-7-5;;/h2*1-8H2;2*1-4H,(H-,6,7);;/q;;2*-1;2*+1. The number of ether oxygens (including phenoxy) is 8. The zero-order chi connectivity index (χ0) is 27.2. The number of hydrogen-bond acceptors (Lipinski definition) is 10. The quantitative estimate of drug-likeness (QED) is 0.264. The fourth-order valence-electron chi connectivity index (χ4n) is 2.48. The predicted molar refractivity (Wildman–Crippen MR) is 138 cm³/mol. The van der Waals surface area contributed by atoms with Crippen molar-refractivity contribution < 1.29 is 176 Å². The van der Waals surface area contributed by atoms with Gasteiger partial charge in [0.15, 0.2) is 0 Å². The zero-order valence-electron chi connectivity index (χ0n) is 24.1. The Morgan fingerprint density at radius 3 is 0.675 bits per heavy atom. The number of aromatic nitrogens is 2. The minimum Gasteiger partial charge on any atom is -0.482 e. The van der Waals surface area contributed by atoms with Crippen molar-refractivity contribution in [2.24, 2.45) is 0 Å². The normalized spacial score (nSPS) is 17.4. The van der Waals surface area contributed by atoms with Crippen LogP contribution in [0.4, 0.5) is 0 Å². The van der Waals surface area contributed by atoms with Crippen LogP contribution >= 0.6 is 0 Å².